The minimum atomic E-state index is -1.57. The lowest BCUT2D eigenvalue weighted by Crippen LogP contribution is -2.60. The second-order valence-corrected chi connectivity index (χ2v) is 15.5. The van der Waals surface area contributed by atoms with Crippen LogP contribution in [0.3, 0.4) is 0 Å². The predicted molar refractivity (Wildman–Crippen MR) is 221 cm³/mol. The first-order chi connectivity index (χ1) is 26.3. The number of ether oxygens (including phenoxy) is 2. The van der Waals surface area contributed by atoms with Crippen LogP contribution in [0.2, 0.25) is 0 Å². The summed E-state index contributed by atoms with van der Waals surface area (Å²) >= 11 is 0. The van der Waals surface area contributed by atoms with Crippen LogP contribution in [0, 0.1) is 0 Å². The van der Waals surface area contributed by atoms with Gasteiger partial charge in [0.05, 0.1) is 25.4 Å². The lowest BCUT2D eigenvalue weighted by molar-refractivity contribution is -0.302. The molecule has 54 heavy (non-hydrogen) atoms. The Morgan fingerprint density at radius 2 is 1.07 bits per heavy atom. The van der Waals surface area contributed by atoms with Gasteiger partial charge >= 0.3 is 0 Å². The van der Waals surface area contributed by atoms with Crippen molar-refractivity contribution in [1.82, 2.24) is 5.32 Å². The van der Waals surface area contributed by atoms with E-state index in [1.54, 1.807) is 6.08 Å². The zero-order valence-corrected chi connectivity index (χ0v) is 34.5. The number of rotatable bonds is 36. The van der Waals surface area contributed by atoms with E-state index >= 15 is 0 Å². The summed E-state index contributed by atoms with van der Waals surface area (Å²) in [6.07, 6.45) is 36.2. The lowest BCUT2D eigenvalue weighted by atomic mass is 9.99. The van der Waals surface area contributed by atoms with Crippen LogP contribution < -0.4 is 5.32 Å². The van der Waals surface area contributed by atoms with Crippen LogP contribution in [-0.4, -0.2) is 87.5 Å². The van der Waals surface area contributed by atoms with Gasteiger partial charge in [-0.3, -0.25) is 4.79 Å². The number of amides is 1. The van der Waals surface area contributed by atoms with Crippen molar-refractivity contribution < 1.29 is 39.8 Å². The van der Waals surface area contributed by atoms with E-state index in [1.165, 1.54) is 103 Å². The van der Waals surface area contributed by atoms with E-state index in [1.807, 2.05) is 6.08 Å². The molecule has 0 aromatic rings. The molecule has 0 bridgehead atoms. The maximum atomic E-state index is 12.9. The highest BCUT2D eigenvalue weighted by Crippen LogP contribution is 2.22. The van der Waals surface area contributed by atoms with Crippen LogP contribution >= 0.6 is 0 Å². The van der Waals surface area contributed by atoms with Crippen molar-refractivity contribution in [3.63, 3.8) is 0 Å². The summed E-state index contributed by atoms with van der Waals surface area (Å²) in [5.41, 5.74) is 0. The van der Waals surface area contributed by atoms with Gasteiger partial charge in [-0.15, -0.1) is 0 Å². The standard InChI is InChI=1S/C45H83NO8/c1-3-5-7-9-11-13-15-16-17-18-19-20-21-22-23-25-26-28-30-32-34-39(48)38(37-53-45-44(52)43(51)42(50)40(36-47)54-45)46-41(49)35-33-31-29-27-24-14-12-10-8-6-4-2/h10,12,25-26,32,34,38-40,42-45,47-48,50-52H,3-9,11,13-24,27-31,33,35-37H2,1-2H3,(H,46,49)/b12-10-,26-25+,34-32+. The molecule has 0 aromatic heterocycles. The number of carbonyl (C=O) groups excluding carboxylic acids is 1. The first-order valence-corrected chi connectivity index (χ1v) is 22.2. The summed E-state index contributed by atoms with van der Waals surface area (Å²) in [6, 6.07) is -0.823. The van der Waals surface area contributed by atoms with Crippen molar-refractivity contribution in [2.45, 2.75) is 230 Å². The molecule has 0 aromatic carbocycles. The van der Waals surface area contributed by atoms with Crippen molar-refractivity contribution in [2.24, 2.45) is 0 Å². The zero-order chi connectivity index (χ0) is 39.5. The maximum absolute atomic E-state index is 12.9. The number of nitrogens with one attached hydrogen (secondary N) is 1. The molecule has 7 unspecified atom stereocenters. The van der Waals surface area contributed by atoms with Crippen LogP contribution in [0.1, 0.15) is 187 Å². The van der Waals surface area contributed by atoms with E-state index in [0.717, 1.165) is 64.2 Å². The van der Waals surface area contributed by atoms with Crippen molar-refractivity contribution in [2.75, 3.05) is 13.2 Å². The Labute approximate surface area is 330 Å². The summed E-state index contributed by atoms with van der Waals surface area (Å²) in [5, 5.41) is 54.0. The summed E-state index contributed by atoms with van der Waals surface area (Å²) in [4.78, 5) is 12.9. The lowest BCUT2D eigenvalue weighted by Gasteiger charge is -2.40. The molecule has 0 saturated carbocycles. The third kappa shape index (κ3) is 26.3. The number of carbonyl (C=O) groups is 1. The van der Waals surface area contributed by atoms with Gasteiger partial charge in [0, 0.05) is 6.42 Å². The van der Waals surface area contributed by atoms with Crippen LogP contribution in [0.5, 0.6) is 0 Å². The molecule has 7 atom stereocenters. The summed E-state index contributed by atoms with van der Waals surface area (Å²) in [6.45, 7) is 3.70. The molecule has 6 N–H and O–H groups in total. The summed E-state index contributed by atoms with van der Waals surface area (Å²) in [5.74, 6) is -0.199. The fraction of sp³-hybridized carbons (Fsp3) is 0.844. The maximum Gasteiger partial charge on any atom is 0.220 e. The minimum absolute atomic E-state index is 0.199. The van der Waals surface area contributed by atoms with Crippen molar-refractivity contribution >= 4 is 5.91 Å². The van der Waals surface area contributed by atoms with Gasteiger partial charge in [0.1, 0.15) is 24.4 Å². The van der Waals surface area contributed by atoms with E-state index in [0.29, 0.717) is 6.42 Å². The second kappa shape index (κ2) is 35.8. The fourth-order valence-electron chi connectivity index (χ4n) is 6.80. The molecule has 1 saturated heterocycles. The Morgan fingerprint density at radius 1 is 0.611 bits per heavy atom. The monoisotopic (exact) mass is 766 g/mol. The summed E-state index contributed by atoms with van der Waals surface area (Å²) < 4.78 is 11.2. The summed E-state index contributed by atoms with van der Waals surface area (Å²) in [7, 11) is 0. The Bertz CT molecular complexity index is 941. The molecular formula is C45H83NO8. The fourth-order valence-corrected chi connectivity index (χ4v) is 6.80. The average molecular weight is 766 g/mol. The quantitative estimate of drug-likeness (QED) is 0.0274. The molecule has 1 heterocycles. The van der Waals surface area contributed by atoms with Crippen molar-refractivity contribution in [3.05, 3.63) is 36.5 Å². The number of hydrogen-bond acceptors (Lipinski definition) is 8. The highest BCUT2D eigenvalue weighted by molar-refractivity contribution is 5.76. The molecule has 9 heteroatoms. The molecule has 9 nitrogen and oxygen atoms in total. The molecule has 1 aliphatic heterocycles. The third-order valence-corrected chi connectivity index (χ3v) is 10.4. The van der Waals surface area contributed by atoms with Gasteiger partial charge < -0.3 is 40.3 Å². The van der Waals surface area contributed by atoms with Crippen LogP contribution in [0.4, 0.5) is 0 Å². The van der Waals surface area contributed by atoms with E-state index in [-0.39, 0.29) is 12.5 Å². The normalized spacial score (nSPS) is 21.8. The van der Waals surface area contributed by atoms with Gasteiger partial charge in [0.25, 0.3) is 0 Å². The van der Waals surface area contributed by atoms with E-state index in [4.69, 9.17) is 9.47 Å². The van der Waals surface area contributed by atoms with Gasteiger partial charge in [0.2, 0.25) is 5.91 Å². The third-order valence-electron chi connectivity index (χ3n) is 10.4. The number of aliphatic hydroxyl groups excluding tert-OH is 5. The smallest absolute Gasteiger partial charge is 0.220 e. The van der Waals surface area contributed by atoms with Crippen LogP contribution in [0.15, 0.2) is 36.5 Å². The minimum Gasteiger partial charge on any atom is -0.394 e. The highest BCUT2D eigenvalue weighted by Gasteiger charge is 2.44. The first kappa shape index (κ1) is 50.4. The van der Waals surface area contributed by atoms with Crippen molar-refractivity contribution in [3.8, 4) is 0 Å². The zero-order valence-electron chi connectivity index (χ0n) is 34.5. The number of hydrogen-bond donors (Lipinski definition) is 6. The van der Waals surface area contributed by atoms with Crippen LogP contribution in [-0.2, 0) is 14.3 Å². The Kier molecular flexibility index (Phi) is 33.4. The predicted octanol–water partition coefficient (Wildman–Crippen LogP) is 8.89. The Hall–Kier alpha value is -1.59. The van der Waals surface area contributed by atoms with Crippen LogP contribution in [0.25, 0.3) is 0 Å². The van der Waals surface area contributed by atoms with Crippen molar-refractivity contribution in [1.29, 1.82) is 0 Å². The molecule has 1 amide bonds. The number of unbranched alkanes of at least 4 members (excludes halogenated alkanes) is 22. The number of allylic oxidation sites excluding steroid dienone is 5. The molecule has 1 rings (SSSR count). The molecule has 0 radical (unpaired) electrons. The van der Waals surface area contributed by atoms with E-state index < -0.39 is 49.5 Å². The second-order valence-electron chi connectivity index (χ2n) is 15.5. The largest absolute Gasteiger partial charge is 0.394 e. The molecule has 316 valence electrons. The van der Waals surface area contributed by atoms with Gasteiger partial charge in [-0.25, -0.2) is 0 Å². The van der Waals surface area contributed by atoms with E-state index in [2.05, 4.69) is 43.5 Å². The van der Waals surface area contributed by atoms with Gasteiger partial charge in [-0.05, 0) is 51.4 Å². The van der Waals surface area contributed by atoms with Gasteiger partial charge in [0.15, 0.2) is 6.29 Å². The van der Waals surface area contributed by atoms with Gasteiger partial charge in [-0.2, -0.15) is 0 Å². The molecule has 1 aliphatic rings. The van der Waals surface area contributed by atoms with E-state index in [9.17, 15) is 30.3 Å². The SMILES string of the molecule is CCCC/C=C\CCCCCCCC(=O)NC(COC1OC(CO)C(O)C(O)C1O)C(O)/C=C/CC/C=C/CCCCCCCCCCCCCCCC. The average Bonchev–Trinajstić information content (AvgIpc) is 3.17. The first-order valence-electron chi connectivity index (χ1n) is 22.2. The van der Waals surface area contributed by atoms with Gasteiger partial charge in [-0.1, -0.05) is 166 Å². The Balaban J connectivity index is 2.38. The molecular weight excluding hydrogens is 682 g/mol. The molecule has 1 fully saturated rings. The number of aliphatic hydroxyl groups is 5. The highest BCUT2D eigenvalue weighted by atomic mass is 16.7. The Morgan fingerprint density at radius 3 is 1.61 bits per heavy atom. The molecule has 0 spiro atoms. The topological polar surface area (TPSA) is 149 Å². The molecule has 0 aliphatic carbocycles.